The van der Waals surface area contributed by atoms with Crippen molar-refractivity contribution in [2.75, 3.05) is 26.2 Å². The average molecular weight is 475 g/mol. The number of carbonyl (C=O) groups excluding carboxylic acids is 3. The van der Waals surface area contributed by atoms with Crippen LogP contribution in [0.15, 0.2) is 53.4 Å². The first kappa shape index (κ1) is 26.2. The molecule has 0 fully saturated rings. The topological polar surface area (TPSA) is 110 Å². The average Bonchev–Trinajstić information content (AvgIpc) is 2.81. The minimum absolute atomic E-state index is 0.0853. The third-order valence-electron chi connectivity index (χ3n) is 5.12. The lowest BCUT2D eigenvalue weighted by atomic mass is 10.0. The summed E-state index contributed by atoms with van der Waals surface area (Å²) in [4.78, 5) is 36.4. The van der Waals surface area contributed by atoms with E-state index < -0.39 is 35.1 Å². The number of hydrogen-bond donors (Lipinski definition) is 1. The summed E-state index contributed by atoms with van der Waals surface area (Å²) in [5, 5.41) is 2.40. The van der Waals surface area contributed by atoms with E-state index in [2.05, 4.69) is 19.2 Å². The molecular formula is C24H30N2O6S. The first-order chi connectivity index (χ1) is 15.6. The van der Waals surface area contributed by atoms with Crippen LogP contribution >= 0.6 is 0 Å². The van der Waals surface area contributed by atoms with Gasteiger partial charge in [0.25, 0.3) is 5.91 Å². The molecule has 2 aromatic rings. The molecule has 0 unspecified atom stereocenters. The van der Waals surface area contributed by atoms with Gasteiger partial charge in [0.05, 0.1) is 4.90 Å². The highest BCUT2D eigenvalue weighted by Gasteiger charge is 2.21. The Kier molecular flexibility index (Phi) is 9.31. The molecule has 0 aliphatic heterocycles. The van der Waals surface area contributed by atoms with Crippen molar-refractivity contribution in [1.29, 1.82) is 0 Å². The summed E-state index contributed by atoms with van der Waals surface area (Å²) >= 11 is 0. The number of Topliss-reactive ketones (excluding diaryl/α,β-unsaturated/α-hetero) is 1. The van der Waals surface area contributed by atoms with Crippen molar-refractivity contribution in [3.63, 3.8) is 0 Å². The van der Waals surface area contributed by atoms with Crippen LogP contribution in [-0.2, 0) is 19.6 Å². The van der Waals surface area contributed by atoms with Crippen LogP contribution in [-0.4, -0.2) is 56.6 Å². The third kappa shape index (κ3) is 6.97. The Bertz CT molecular complexity index is 1070. The highest BCUT2D eigenvalue weighted by molar-refractivity contribution is 7.89. The van der Waals surface area contributed by atoms with Gasteiger partial charge in [-0.2, -0.15) is 4.31 Å². The van der Waals surface area contributed by atoms with Crippen LogP contribution in [0.5, 0.6) is 0 Å². The molecule has 178 valence electrons. The van der Waals surface area contributed by atoms with Crippen molar-refractivity contribution in [2.24, 2.45) is 0 Å². The second-order valence-electron chi connectivity index (χ2n) is 7.66. The molecule has 2 rings (SSSR count). The van der Waals surface area contributed by atoms with E-state index in [0.29, 0.717) is 24.6 Å². The fraction of sp³-hybridized carbons (Fsp3) is 0.375. The van der Waals surface area contributed by atoms with E-state index in [9.17, 15) is 22.8 Å². The van der Waals surface area contributed by atoms with Crippen molar-refractivity contribution >= 4 is 27.7 Å². The van der Waals surface area contributed by atoms with Gasteiger partial charge >= 0.3 is 5.97 Å². The Morgan fingerprint density at radius 1 is 0.909 bits per heavy atom. The summed E-state index contributed by atoms with van der Waals surface area (Å²) < 4.78 is 31.3. The van der Waals surface area contributed by atoms with E-state index in [1.807, 2.05) is 12.1 Å². The number of nitrogens with one attached hydrogen (secondary N) is 1. The largest absolute Gasteiger partial charge is 0.456 e. The second kappa shape index (κ2) is 11.7. The molecule has 0 saturated heterocycles. The molecular weight excluding hydrogens is 444 g/mol. The van der Waals surface area contributed by atoms with Gasteiger partial charge in [-0.15, -0.1) is 0 Å². The van der Waals surface area contributed by atoms with Crippen LogP contribution in [0.3, 0.4) is 0 Å². The number of rotatable bonds is 11. The predicted molar refractivity (Wildman–Crippen MR) is 125 cm³/mol. The Balaban J connectivity index is 1.86. The molecule has 0 radical (unpaired) electrons. The number of amides is 1. The van der Waals surface area contributed by atoms with Crippen molar-refractivity contribution in [1.82, 2.24) is 9.62 Å². The van der Waals surface area contributed by atoms with Crippen molar-refractivity contribution in [2.45, 2.75) is 38.5 Å². The zero-order valence-electron chi connectivity index (χ0n) is 19.3. The van der Waals surface area contributed by atoms with E-state index in [1.165, 1.54) is 28.6 Å². The van der Waals surface area contributed by atoms with Crippen LogP contribution in [0.25, 0.3) is 0 Å². The smallest absolute Gasteiger partial charge is 0.325 e. The van der Waals surface area contributed by atoms with Gasteiger partial charge in [0.1, 0.15) is 6.54 Å². The fourth-order valence-corrected chi connectivity index (χ4v) is 4.54. The number of ketones is 1. The third-order valence-corrected chi connectivity index (χ3v) is 7.18. The lowest BCUT2D eigenvalue weighted by molar-refractivity contribution is -0.141. The van der Waals surface area contributed by atoms with Gasteiger partial charge in [0.2, 0.25) is 10.0 Å². The molecule has 0 heterocycles. The molecule has 0 aliphatic carbocycles. The summed E-state index contributed by atoms with van der Waals surface area (Å²) in [5.74, 6) is -1.31. The Hall–Kier alpha value is -3.04. The van der Waals surface area contributed by atoms with Crippen LogP contribution < -0.4 is 5.32 Å². The van der Waals surface area contributed by atoms with Gasteiger partial charge in [0, 0.05) is 24.2 Å². The molecule has 1 amide bonds. The van der Waals surface area contributed by atoms with Crippen LogP contribution in [0, 0.1) is 0 Å². The maximum absolute atomic E-state index is 12.5. The number of esters is 1. The molecule has 0 spiro atoms. The Labute approximate surface area is 195 Å². The Morgan fingerprint density at radius 3 is 1.97 bits per heavy atom. The Morgan fingerprint density at radius 2 is 1.45 bits per heavy atom. The van der Waals surface area contributed by atoms with E-state index >= 15 is 0 Å². The molecule has 8 nitrogen and oxygen atoms in total. The van der Waals surface area contributed by atoms with Gasteiger partial charge in [-0.3, -0.25) is 14.4 Å². The molecule has 0 bridgehead atoms. The van der Waals surface area contributed by atoms with Gasteiger partial charge in [-0.25, -0.2) is 8.42 Å². The lowest BCUT2D eigenvalue weighted by Gasteiger charge is -2.18. The zero-order chi connectivity index (χ0) is 24.6. The summed E-state index contributed by atoms with van der Waals surface area (Å²) in [5.41, 5.74) is 1.74. The molecule has 0 aromatic heterocycles. The minimum Gasteiger partial charge on any atom is -0.456 e. The predicted octanol–water partition coefficient (Wildman–Crippen LogP) is 3.00. The number of hydrogen-bond acceptors (Lipinski definition) is 6. The molecule has 33 heavy (non-hydrogen) atoms. The summed E-state index contributed by atoms with van der Waals surface area (Å²) in [6.07, 6.45) is 0. The first-order valence-electron chi connectivity index (χ1n) is 10.8. The lowest BCUT2D eigenvalue weighted by Crippen LogP contribution is -2.32. The van der Waals surface area contributed by atoms with Crippen LogP contribution in [0.4, 0.5) is 0 Å². The highest BCUT2D eigenvalue weighted by atomic mass is 32.2. The molecule has 2 aromatic carbocycles. The fourth-order valence-electron chi connectivity index (χ4n) is 3.08. The number of carbonyl (C=O) groups is 3. The van der Waals surface area contributed by atoms with Gasteiger partial charge in [-0.05, 0) is 35.7 Å². The quantitative estimate of drug-likeness (QED) is 0.396. The van der Waals surface area contributed by atoms with E-state index in [-0.39, 0.29) is 16.2 Å². The van der Waals surface area contributed by atoms with Gasteiger partial charge in [0.15, 0.2) is 12.4 Å². The molecule has 0 aliphatic rings. The van der Waals surface area contributed by atoms with E-state index in [0.717, 1.165) is 5.56 Å². The van der Waals surface area contributed by atoms with Gasteiger partial charge in [-0.1, -0.05) is 52.0 Å². The summed E-state index contributed by atoms with van der Waals surface area (Å²) in [6, 6.07) is 12.6. The standard InChI is InChI=1S/C24H30N2O6S/c1-5-26(6-2)33(30,31)21-13-11-20(12-14-21)24(29)25-15-23(28)32-16-22(27)19-9-7-18(8-10-19)17(3)4/h7-14,17H,5-6,15-16H2,1-4H3,(H,25,29). The van der Waals surface area contributed by atoms with Crippen LogP contribution in [0.2, 0.25) is 0 Å². The number of ether oxygens (including phenoxy) is 1. The molecule has 1 N–H and O–H groups in total. The SMILES string of the molecule is CCN(CC)S(=O)(=O)c1ccc(C(=O)NCC(=O)OCC(=O)c2ccc(C(C)C)cc2)cc1. The minimum atomic E-state index is -3.62. The number of benzene rings is 2. The monoisotopic (exact) mass is 474 g/mol. The van der Waals surface area contributed by atoms with Crippen molar-refractivity contribution < 1.29 is 27.5 Å². The van der Waals surface area contributed by atoms with Crippen molar-refractivity contribution in [3.8, 4) is 0 Å². The van der Waals surface area contributed by atoms with E-state index in [1.54, 1.807) is 26.0 Å². The second-order valence-corrected chi connectivity index (χ2v) is 9.59. The summed E-state index contributed by atoms with van der Waals surface area (Å²) in [6.45, 7) is 7.44. The van der Waals surface area contributed by atoms with Gasteiger partial charge < -0.3 is 10.1 Å². The van der Waals surface area contributed by atoms with Crippen LogP contribution in [0.1, 0.15) is 59.9 Å². The maximum Gasteiger partial charge on any atom is 0.325 e. The maximum atomic E-state index is 12.5. The molecule has 0 atom stereocenters. The molecule has 9 heteroatoms. The zero-order valence-corrected chi connectivity index (χ0v) is 20.1. The molecule has 0 saturated carbocycles. The number of nitrogens with zero attached hydrogens (tertiary/aromatic N) is 1. The van der Waals surface area contributed by atoms with Crippen molar-refractivity contribution in [3.05, 3.63) is 65.2 Å². The summed E-state index contributed by atoms with van der Waals surface area (Å²) in [7, 11) is -3.62. The highest BCUT2D eigenvalue weighted by Crippen LogP contribution is 2.17. The number of sulfonamides is 1. The normalized spacial score (nSPS) is 11.5. The first-order valence-corrected chi connectivity index (χ1v) is 12.2. The van der Waals surface area contributed by atoms with E-state index in [4.69, 9.17) is 4.74 Å².